The first-order valence-electron chi connectivity index (χ1n) is 6.45. The molecular formula is C14H21N3O2. The summed E-state index contributed by atoms with van der Waals surface area (Å²) in [4.78, 5) is 23.0. The molecule has 5 nitrogen and oxygen atoms in total. The molecule has 1 aromatic rings. The largest absolute Gasteiger partial charge is 0.399 e. The third-order valence-electron chi connectivity index (χ3n) is 2.72. The lowest BCUT2D eigenvalue weighted by atomic mass is 10.1. The maximum absolute atomic E-state index is 11.7. The lowest BCUT2D eigenvalue weighted by Gasteiger charge is -2.09. The van der Waals surface area contributed by atoms with E-state index in [-0.39, 0.29) is 11.8 Å². The van der Waals surface area contributed by atoms with Crippen molar-refractivity contribution in [3.8, 4) is 0 Å². The summed E-state index contributed by atoms with van der Waals surface area (Å²) in [6, 6.07) is 5.39. The summed E-state index contributed by atoms with van der Waals surface area (Å²) >= 11 is 0. The Morgan fingerprint density at radius 1 is 1.21 bits per heavy atom. The van der Waals surface area contributed by atoms with E-state index in [1.165, 1.54) is 0 Å². The van der Waals surface area contributed by atoms with Crippen LogP contribution in [0.3, 0.4) is 0 Å². The van der Waals surface area contributed by atoms with Gasteiger partial charge in [-0.2, -0.15) is 0 Å². The molecule has 0 aliphatic heterocycles. The molecule has 0 aromatic heterocycles. The van der Waals surface area contributed by atoms with Crippen molar-refractivity contribution in [1.82, 2.24) is 5.32 Å². The highest BCUT2D eigenvalue weighted by Crippen LogP contribution is 2.18. The molecule has 0 saturated heterocycles. The molecule has 0 unspecified atom stereocenters. The molecule has 0 atom stereocenters. The molecule has 19 heavy (non-hydrogen) atoms. The van der Waals surface area contributed by atoms with Gasteiger partial charge in [0.15, 0.2) is 0 Å². The molecular weight excluding hydrogens is 242 g/mol. The Kier molecular flexibility index (Phi) is 5.85. The average molecular weight is 263 g/mol. The lowest BCUT2D eigenvalue weighted by molar-refractivity contribution is -0.121. The number of nitrogens with two attached hydrogens (primary N) is 1. The Balaban J connectivity index is 2.39. The van der Waals surface area contributed by atoms with Crippen LogP contribution in [-0.2, 0) is 9.59 Å². The van der Waals surface area contributed by atoms with E-state index in [0.29, 0.717) is 31.5 Å². The number of rotatable bonds is 6. The molecule has 2 amide bonds. The third-order valence-corrected chi connectivity index (χ3v) is 2.72. The van der Waals surface area contributed by atoms with E-state index in [1.54, 1.807) is 12.1 Å². The molecule has 4 N–H and O–H groups in total. The molecule has 0 heterocycles. The summed E-state index contributed by atoms with van der Waals surface area (Å²) in [6.45, 7) is 4.39. The van der Waals surface area contributed by atoms with Crippen LogP contribution in [0.25, 0.3) is 0 Å². The van der Waals surface area contributed by atoms with Gasteiger partial charge in [0.1, 0.15) is 0 Å². The van der Waals surface area contributed by atoms with E-state index in [1.807, 2.05) is 19.9 Å². The van der Waals surface area contributed by atoms with Crippen molar-refractivity contribution >= 4 is 23.2 Å². The molecule has 0 bridgehead atoms. The number of amides is 2. The molecule has 0 fully saturated rings. The molecule has 0 aliphatic carbocycles. The molecule has 0 spiro atoms. The fourth-order valence-corrected chi connectivity index (χ4v) is 1.68. The second-order valence-electron chi connectivity index (χ2n) is 4.43. The Bertz CT molecular complexity index is 458. The number of nitrogen functional groups attached to an aromatic ring is 1. The topological polar surface area (TPSA) is 84.2 Å². The smallest absolute Gasteiger partial charge is 0.224 e. The zero-order chi connectivity index (χ0) is 14.3. The van der Waals surface area contributed by atoms with Gasteiger partial charge in [-0.1, -0.05) is 6.07 Å². The summed E-state index contributed by atoms with van der Waals surface area (Å²) in [6.07, 6.45) is 1.24. The molecule has 0 aliphatic rings. The van der Waals surface area contributed by atoms with Crippen molar-refractivity contribution in [1.29, 1.82) is 0 Å². The second kappa shape index (κ2) is 7.41. The summed E-state index contributed by atoms with van der Waals surface area (Å²) in [5.74, 6) is -0.117. The summed E-state index contributed by atoms with van der Waals surface area (Å²) in [7, 11) is 0. The van der Waals surface area contributed by atoms with Gasteiger partial charge >= 0.3 is 0 Å². The van der Waals surface area contributed by atoms with Crippen LogP contribution >= 0.6 is 0 Å². The molecule has 0 radical (unpaired) electrons. The van der Waals surface area contributed by atoms with E-state index in [0.717, 1.165) is 11.3 Å². The van der Waals surface area contributed by atoms with Crippen LogP contribution < -0.4 is 16.4 Å². The van der Waals surface area contributed by atoms with Gasteiger partial charge in [-0.05, 0) is 38.0 Å². The SMILES string of the molecule is CCNC(=O)CCCC(=O)Nc1cc(N)ccc1C. The minimum absolute atomic E-state index is 0.0181. The Labute approximate surface area is 113 Å². The first-order valence-corrected chi connectivity index (χ1v) is 6.45. The first kappa shape index (κ1) is 15.0. The Morgan fingerprint density at radius 2 is 1.89 bits per heavy atom. The highest BCUT2D eigenvalue weighted by atomic mass is 16.2. The van der Waals surface area contributed by atoms with Crippen molar-refractivity contribution in [2.45, 2.75) is 33.1 Å². The number of benzene rings is 1. The zero-order valence-electron chi connectivity index (χ0n) is 11.5. The van der Waals surface area contributed by atoms with Gasteiger partial charge in [0.25, 0.3) is 0 Å². The van der Waals surface area contributed by atoms with Crippen LogP contribution in [-0.4, -0.2) is 18.4 Å². The minimum Gasteiger partial charge on any atom is -0.399 e. The molecule has 5 heteroatoms. The predicted octanol–water partition coefficient (Wildman–Crippen LogP) is 1.82. The normalized spacial score (nSPS) is 10.0. The van der Waals surface area contributed by atoms with Crippen LogP contribution in [0.2, 0.25) is 0 Å². The van der Waals surface area contributed by atoms with Crippen molar-refractivity contribution in [3.05, 3.63) is 23.8 Å². The molecule has 0 saturated carbocycles. The Morgan fingerprint density at radius 3 is 2.58 bits per heavy atom. The molecule has 1 rings (SSSR count). The summed E-state index contributed by atoms with van der Waals surface area (Å²) in [5.41, 5.74) is 7.98. The van der Waals surface area contributed by atoms with Gasteiger partial charge in [0.05, 0.1) is 0 Å². The number of carbonyl (C=O) groups excluding carboxylic acids is 2. The Hall–Kier alpha value is -2.04. The number of aryl methyl sites for hydroxylation is 1. The van der Waals surface area contributed by atoms with E-state index >= 15 is 0 Å². The highest BCUT2D eigenvalue weighted by Gasteiger charge is 2.06. The van der Waals surface area contributed by atoms with Crippen LogP contribution in [0.15, 0.2) is 18.2 Å². The van der Waals surface area contributed by atoms with Gasteiger partial charge < -0.3 is 16.4 Å². The van der Waals surface area contributed by atoms with Crippen molar-refractivity contribution < 1.29 is 9.59 Å². The maximum Gasteiger partial charge on any atom is 0.224 e. The fourth-order valence-electron chi connectivity index (χ4n) is 1.68. The van der Waals surface area contributed by atoms with Gasteiger partial charge in [0, 0.05) is 30.8 Å². The highest BCUT2D eigenvalue weighted by molar-refractivity contribution is 5.92. The van der Waals surface area contributed by atoms with Gasteiger partial charge in [-0.25, -0.2) is 0 Å². The van der Waals surface area contributed by atoms with E-state index in [9.17, 15) is 9.59 Å². The number of anilines is 2. The van der Waals surface area contributed by atoms with Crippen molar-refractivity contribution in [2.75, 3.05) is 17.6 Å². The number of carbonyl (C=O) groups is 2. The standard InChI is InChI=1S/C14H21N3O2/c1-3-16-13(18)5-4-6-14(19)17-12-9-11(15)8-7-10(12)2/h7-9H,3-6,15H2,1-2H3,(H,16,18)(H,17,19). The van der Waals surface area contributed by atoms with E-state index < -0.39 is 0 Å². The van der Waals surface area contributed by atoms with Crippen LogP contribution in [0.5, 0.6) is 0 Å². The predicted molar refractivity (Wildman–Crippen MR) is 76.8 cm³/mol. The van der Waals surface area contributed by atoms with Crippen LogP contribution in [0.1, 0.15) is 31.7 Å². The molecule has 104 valence electrons. The summed E-state index contributed by atoms with van der Waals surface area (Å²) in [5, 5.41) is 5.50. The zero-order valence-corrected chi connectivity index (χ0v) is 11.5. The van der Waals surface area contributed by atoms with Crippen molar-refractivity contribution in [3.63, 3.8) is 0 Å². The van der Waals surface area contributed by atoms with Gasteiger partial charge in [-0.15, -0.1) is 0 Å². The first-order chi connectivity index (χ1) is 9.02. The number of hydrogen-bond acceptors (Lipinski definition) is 3. The van der Waals surface area contributed by atoms with Gasteiger partial charge in [0.2, 0.25) is 11.8 Å². The van der Waals surface area contributed by atoms with Crippen LogP contribution in [0.4, 0.5) is 11.4 Å². The minimum atomic E-state index is -0.0991. The second-order valence-corrected chi connectivity index (χ2v) is 4.43. The summed E-state index contributed by atoms with van der Waals surface area (Å²) < 4.78 is 0. The quantitative estimate of drug-likeness (QED) is 0.684. The monoisotopic (exact) mass is 263 g/mol. The average Bonchev–Trinajstić information content (AvgIpc) is 2.34. The number of hydrogen-bond donors (Lipinski definition) is 3. The fraction of sp³-hybridized carbons (Fsp3) is 0.429. The number of nitrogens with one attached hydrogen (secondary N) is 2. The molecule has 1 aromatic carbocycles. The third kappa shape index (κ3) is 5.42. The van der Waals surface area contributed by atoms with E-state index in [2.05, 4.69) is 10.6 Å². The maximum atomic E-state index is 11.7. The van der Waals surface area contributed by atoms with Crippen LogP contribution in [0, 0.1) is 6.92 Å². The lowest BCUT2D eigenvalue weighted by Crippen LogP contribution is -2.22. The van der Waals surface area contributed by atoms with Gasteiger partial charge in [-0.3, -0.25) is 9.59 Å². The van der Waals surface area contributed by atoms with Crippen molar-refractivity contribution in [2.24, 2.45) is 0 Å². The van der Waals surface area contributed by atoms with E-state index in [4.69, 9.17) is 5.73 Å².